The van der Waals surface area contributed by atoms with Crippen LogP contribution in [0.2, 0.25) is 0 Å². The maximum Gasteiger partial charge on any atom is -0.00979 e. The molecule has 0 aliphatic carbocycles. The summed E-state index contributed by atoms with van der Waals surface area (Å²) in [5.74, 6) is 2.01. The summed E-state index contributed by atoms with van der Waals surface area (Å²) >= 11 is 4.21. The molecule has 24 heavy (non-hydrogen) atoms. The Balaban J connectivity index is -0.0000000235. The van der Waals surface area contributed by atoms with Crippen LogP contribution in [0.5, 0.6) is 0 Å². The molecule has 0 spiro atoms. The number of thiol groups is 1. The van der Waals surface area contributed by atoms with Crippen LogP contribution in [0.4, 0.5) is 0 Å². The molecule has 0 bridgehead atoms. The molecule has 0 aliphatic heterocycles. The number of unbranched alkanes of at least 4 members (excludes halogenated alkanes) is 6. The molecule has 0 radical (unpaired) electrons. The van der Waals surface area contributed by atoms with Crippen molar-refractivity contribution in [3.63, 3.8) is 0 Å². The van der Waals surface area contributed by atoms with Gasteiger partial charge in [-0.25, -0.2) is 0 Å². The van der Waals surface area contributed by atoms with Crippen LogP contribution in [-0.2, 0) is 0 Å². The predicted molar refractivity (Wildman–Crippen MR) is 135 cm³/mol. The molecule has 0 N–H and O–H groups in total. The lowest BCUT2D eigenvalue weighted by Gasteiger charge is -2.07. The van der Waals surface area contributed by atoms with E-state index in [9.17, 15) is 0 Å². The van der Waals surface area contributed by atoms with Crippen molar-refractivity contribution in [2.45, 2.75) is 145 Å². The van der Waals surface area contributed by atoms with E-state index < -0.39 is 0 Å². The summed E-state index contributed by atoms with van der Waals surface area (Å²) in [5, 5.41) is 0. The van der Waals surface area contributed by atoms with Crippen molar-refractivity contribution in [2.24, 2.45) is 5.92 Å². The first kappa shape index (κ1) is 64.5. The van der Waals surface area contributed by atoms with Gasteiger partial charge in [0.2, 0.25) is 0 Å². The highest BCUT2D eigenvalue weighted by atomic mass is 32.1. The van der Waals surface area contributed by atoms with Gasteiger partial charge in [-0.2, -0.15) is 12.6 Å². The fourth-order valence-corrected chi connectivity index (χ4v) is 1.92. The molecule has 0 rings (SSSR count). The quantitative estimate of drug-likeness (QED) is 0.285. The predicted octanol–water partition coefficient (Wildman–Crippen LogP) is 11.2. The third kappa shape index (κ3) is 66.8. The first-order chi connectivity index (χ1) is 7.81. The lowest BCUT2D eigenvalue weighted by atomic mass is 10.00. The first-order valence-corrected chi connectivity index (χ1v) is 8.05. The SMILES string of the molecule is C.C.C.C.C.C.C.C.CC.CCC(C)CCCCCCCCCS. The standard InChI is InChI=1S/C13H28S.C2H6.8CH4/c1-3-13(2)11-9-7-5-4-6-8-10-12-14;1-2;;;;;;;;/h13-14H,3-12H2,1-2H3;1-2H3;8*1H4. The second-order valence-corrected chi connectivity index (χ2v) is 4.95. The molecule has 0 heterocycles. The van der Waals surface area contributed by atoms with Crippen molar-refractivity contribution in [1.82, 2.24) is 0 Å². The topological polar surface area (TPSA) is 0 Å². The van der Waals surface area contributed by atoms with Gasteiger partial charge in [-0.15, -0.1) is 0 Å². The second-order valence-electron chi connectivity index (χ2n) is 4.50. The molecule has 1 heteroatoms. The molecule has 0 aromatic carbocycles. The van der Waals surface area contributed by atoms with Crippen molar-refractivity contribution in [2.75, 3.05) is 5.75 Å². The molecule has 0 saturated carbocycles. The van der Waals surface area contributed by atoms with Gasteiger partial charge in [0, 0.05) is 0 Å². The number of hydrogen-bond donors (Lipinski definition) is 1. The zero-order valence-corrected chi connectivity index (χ0v) is 13.0. The fraction of sp³-hybridized carbons (Fsp3) is 1.00. The highest BCUT2D eigenvalue weighted by Crippen LogP contribution is 2.14. The van der Waals surface area contributed by atoms with Crippen LogP contribution >= 0.6 is 12.6 Å². The van der Waals surface area contributed by atoms with E-state index in [0.717, 1.165) is 11.7 Å². The highest BCUT2D eigenvalue weighted by molar-refractivity contribution is 7.80. The fourth-order valence-electron chi connectivity index (χ4n) is 1.69. The number of rotatable bonds is 10. The molecule has 164 valence electrons. The van der Waals surface area contributed by atoms with Gasteiger partial charge in [-0.3, -0.25) is 0 Å². The Bertz CT molecular complexity index is 102. The summed E-state index contributed by atoms with van der Waals surface area (Å²) in [4.78, 5) is 0. The Labute approximate surface area is 169 Å². The van der Waals surface area contributed by atoms with Gasteiger partial charge < -0.3 is 0 Å². The first-order valence-electron chi connectivity index (χ1n) is 7.42. The van der Waals surface area contributed by atoms with E-state index in [1.807, 2.05) is 13.8 Å². The van der Waals surface area contributed by atoms with E-state index in [4.69, 9.17) is 0 Å². The Morgan fingerprint density at radius 2 is 0.875 bits per heavy atom. The minimum Gasteiger partial charge on any atom is -0.179 e. The van der Waals surface area contributed by atoms with E-state index >= 15 is 0 Å². The molecule has 0 aliphatic rings. The lowest BCUT2D eigenvalue weighted by molar-refractivity contribution is 0.471. The molecule has 0 aromatic rings. The van der Waals surface area contributed by atoms with Crippen LogP contribution in [0.25, 0.3) is 0 Å². The van der Waals surface area contributed by atoms with Gasteiger partial charge in [0.1, 0.15) is 0 Å². The Hall–Kier alpha value is 0.350. The maximum absolute atomic E-state index is 4.21. The highest BCUT2D eigenvalue weighted by Gasteiger charge is 1.97. The largest absolute Gasteiger partial charge is 0.179 e. The summed E-state index contributed by atoms with van der Waals surface area (Å²) in [6.45, 7) is 8.66. The summed E-state index contributed by atoms with van der Waals surface area (Å²) in [7, 11) is 0. The molecule has 0 amide bonds. The average molecular weight is 375 g/mol. The summed E-state index contributed by atoms with van der Waals surface area (Å²) in [6.07, 6.45) is 12.7. The lowest BCUT2D eigenvalue weighted by Crippen LogP contribution is -1.91. The van der Waals surface area contributed by atoms with Crippen molar-refractivity contribution >= 4 is 12.6 Å². The molecule has 0 aromatic heterocycles. The van der Waals surface area contributed by atoms with E-state index in [0.29, 0.717) is 0 Å². The van der Waals surface area contributed by atoms with Crippen molar-refractivity contribution in [1.29, 1.82) is 0 Å². The second kappa shape index (κ2) is 65.4. The Kier molecular flexibility index (Phi) is 176. The van der Waals surface area contributed by atoms with Gasteiger partial charge in [0.25, 0.3) is 0 Å². The zero-order valence-electron chi connectivity index (χ0n) is 12.1. The van der Waals surface area contributed by atoms with Crippen LogP contribution in [0.3, 0.4) is 0 Å². The minimum absolute atomic E-state index is 0. The molecule has 0 saturated heterocycles. The molecule has 1 unspecified atom stereocenters. The van der Waals surface area contributed by atoms with E-state index in [-0.39, 0.29) is 59.4 Å². The zero-order chi connectivity index (χ0) is 12.6. The van der Waals surface area contributed by atoms with Crippen LogP contribution in [-0.4, -0.2) is 5.75 Å². The van der Waals surface area contributed by atoms with Gasteiger partial charge >= 0.3 is 0 Å². The maximum atomic E-state index is 4.21. The smallest absolute Gasteiger partial charge is 0.00979 e. The molecule has 0 nitrogen and oxygen atoms in total. The Morgan fingerprint density at radius 1 is 0.583 bits per heavy atom. The van der Waals surface area contributed by atoms with Gasteiger partial charge in [0.15, 0.2) is 0 Å². The Morgan fingerprint density at radius 3 is 1.17 bits per heavy atom. The molecular weight excluding hydrogens is 308 g/mol. The molecule has 0 fully saturated rings. The van der Waals surface area contributed by atoms with Gasteiger partial charge in [0.05, 0.1) is 0 Å². The van der Waals surface area contributed by atoms with Crippen molar-refractivity contribution in [3.8, 4) is 0 Å². The van der Waals surface area contributed by atoms with Gasteiger partial charge in [-0.1, -0.05) is 138 Å². The van der Waals surface area contributed by atoms with Crippen LogP contribution < -0.4 is 0 Å². The van der Waals surface area contributed by atoms with Crippen LogP contribution in [0, 0.1) is 5.92 Å². The summed E-state index contributed by atoms with van der Waals surface area (Å²) in [6, 6.07) is 0. The van der Waals surface area contributed by atoms with Crippen LogP contribution in [0.15, 0.2) is 0 Å². The van der Waals surface area contributed by atoms with Crippen molar-refractivity contribution in [3.05, 3.63) is 0 Å². The summed E-state index contributed by atoms with van der Waals surface area (Å²) in [5.41, 5.74) is 0. The normalized spacial score (nSPS) is 7.88. The third-order valence-electron chi connectivity index (χ3n) is 3.05. The van der Waals surface area contributed by atoms with E-state index in [1.165, 1.54) is 57.8 Å². The number of hydrogen-bond acceptors (Lipinski definition) is 1. The van der Waals surface area contributed by atoms with E-state index in [2.05, 4.69) is 26.5 Å². The third-order valence-corrected chi connectivity index (χ3v) is 3.37. The van der Waals surface area contributed by atoms with Crippen LogP contribution in [0.1, 0.15) is 145 Å². The van der Waals surface area contributed by atoms with Gasteiger partial charge in [-0.05, 0) is 18.1 Å². The minimum atomic E-state index is 0. The average Bonchev–Trinajstić information content (AvgIpc) is 2.34. The summed E-state index contributed by atoms with van der Waals surface area (Å²) < 4.78 is 0. The van der Waals surface area contributed by atoms with E-state index in [1.54, 1.807) is 0 Å². The molecular formula is C23H66S. The van der Waals surface area contributed by atoms with Crippen molar-refractivity contribution < 1.29 is 0 Å². The monoisotopic (exact) mass is 374 g/mol. The molecule has 1 atom stereocenters.